The second-order valence-corrected chi connectivity index (χ2v) is 5.98. The summed E-state index contributed by atoms with van der Waals surface area (Å²) in [6.45, 7) is 5.36. The Morgan fingerprint density at radius 1 is 1.09 bits per heavy atom. The van der Waals surface area contributed by atoms with Crippen LogP contribution in [0.25, 0.3) is 10.9 Å². The number of nitrogens with zero attached hydrogens (tertiary/aromatic N) is 1. The number of aromatic hydroxyl groups is 1. The minimum absolute atomic E-state index is 0.239. The lowest BCUT2D eigenvalue weighted by molar-refractivity contribution is 0.292. The first-order valence-electron chi connectivity index (χ1n) is 7.83. The van der Waals surface area contributed by atoms with Crippen molar-refractivity contribution in [1.29, 1.82) is 0 Å². The molecule has 0 saturated carbocycles. The summed E-state index contributed by atoms with van der Waals surface area (Å²) in [7, 11) is 0. The first-order valence-corrected chi connectivity index (χ1v) is 7.83. The molecule has 4 heteroatoms. The molecule has 120 valence electrons. The highest BCUT2D eigenvalue weighted by atomic mass is 16.5. The molecule has 0 saturated heterocycles. The molecule has 0 aliphatic heterocycles. The van der Waals surface area contributed by atoms with Crippen LogP contribution in [0.5, 0.6) is 11.5 Å². The van der Waals surface area contributed by atoms with E-state index in [0.29, 0.717) is 19.2 Å². The average molecular weight is 310 g/mol. The molecule has 0 spiro atoms. The number of rotatable bonds is 5. The molecule has 0 unspecified atom stereocenters. The lowest BCUT2D eigenvalue weighted by atomic mass is 10.1. The summed E-state index contributed by atoms with van der Waals surface area (Å²) < 4.78 is 8.16. The van der Waals surface area contributed by atoms with Crippen molar-refractivity contribution in [3.05, 3.63) is 59.8 Å². The Bertz CT molecular complexity index is 804. The van der Waals surface area contributed by atoms with Gasteiger partial charge in [0.15, 0.2) is 0 Å². The van der Waals surface area contributed by atoms with Crippen LogP contribution in [0.15, 0.2) is 48.5 Å². The molecule has 0 radical (unpaired) electrons. The number of nitrogens with two attached hydrogens (primary N) is 1. The largest absolute Gasteiger partial charge is 0.508 e. The molecule has 0 aliphatic rings. The molecule has 3 rings (SSSR count). The second kappa shape index (κ2) is 6.34. The fourth-order valence-electron chi connectivity index (χ4n) is 2.89. The van der Waals surface area contributed by atoms with Crippen LogP contribution in [0.1, 0.15) is 31.1 Å². The second-order valence-electron chi connectivity index (χ2n) is 5.98. The number of aromatic nitrogens is 1. The lowest BCUT2D eigenvalue weighted by Gasteiger charge is -2.15. The van der Waals surface area contributed by atoms with Gasteiger partial charge in [-0.15, -0.1) is 0 Å². The average Bonchev–Trinajstić information content (AvgIpc) is 2.91. The van der Waals surface area contributed by atoms with E-state index in [0.717, 1.165) is 17.0 Å². The van der Waals surface area contributed by atoms with Gasteiger partial charge < -0.3 is 20.1 Å². The highest BCUT2D eigenvalue weighted by molar-refractivity contribution is 5.82. The number of fused-ring (bicyclic) bond motifs is 1. The van der Waals surface area contributed by atoms with Gasteiger partial charge >= 0.3 is 0 Å². The third kappa shape index (κ3) is 3.17. The SMILES string of the molecule is CC(C)n1c(COc2ccc(O)cc2)cc2cc(CN)ccc21. The van der Waals surface area contributed by atoms with Crippen LogP contribution in [-0.2, 0) is 13.2 Å². The summed E-state index contributed by atoms with van der Waals surface area (Å²) in [5.41, 5.74) is 9.19. The number of phenols is 1. The van der Waals surface area contributed by atoms with Crippen molar-refractivity contribution in [2.24, 2.45) is 5.73 Å². The van der Waals surface area contributed by atoms with Crippen molar-refractivity contribution in [2.75, 3.05) is 0 Å². The first kappa shape index (κ1) is 15.4. The number of phenolic OH excluding ortho intramolecular Hbond substituents is 1. The molecule has 3 aromatic rings. The van der Waals surface area contributed by atoms with Crippen LogP contribution in [0.2, 0.25) is 0 Å². The van der Waals surface area contributed by atoms with Gasteiger partial charge in [0.2, 0.25) is 0 Å². The van der Waals surface area contributed by atoms with Crippen LogP contribution < -0.4 is 10.5 Å². The Labute approximate surface area is 136 Å². The third-order valence-corrected chi connectivity index (χ3v) is 3.96. The fourth-order valence-corrected chi connectivity index (χ4v) is 2.89. The van der Waals surface area contributed by atoms with Gasteiger partial charge in [0.1, 0.15) is 18.1 Å². The third-order valence-electron chi connectivity index (χ3n) is 3.96. The Morgan fingerprint density at radius 2 is 1.83 bits per heavy atom. The van der Waals surface area contributed by atoms with E-state index in [9.17, 15) is 5.11 Å². The van der Waals surface area contributed by atoms with E-state index in [-0.39, 0.29) is 5.75 Å². The van der Waals surface area contributed by atoms with E-state index in [4.69, 9.17) is 10.5 Å². The van der Waals surface area contributed by atoms with Crippen molar-refractivity contribution < 1.29 is 9.84 Å². The normalized spacial score (nSPS) is 11.3. The number of hydrogen-bond acceptors (Lipinski definition) is 3. The van der Waals surface area contributed by atoms with Crippen molar-refractivity contribution >= 4 is 10.9 Å². The van der Waals surface area contributed by atoms with Gasteiger partial charge in [0.05, 0.1) is 5.69 Å². The molecule has 0 bridgehead atoms. The van der Waals surface area contributed by atoms with Crippen molar-refractivity contribution in [2.45, 2.75) is 33.0 Å². The molecule has 0 amide bonds. The van der Waals surface area contributed by atoms with Crippen molar-refractivity contribution in [3.8, 4) is 11.5 Å². The number of benzene rings is 2. The van der Waals surface area contributed by atoms with Gasteiger partial charge in [0, 0.05) is 23.5 Å². The van der Waals surface area contributed by atoms with Crippen LogP contribution in [-0.4, -0.2) is 9.67 Å². The van der Waals surface area contributed by atoms with E-state index in [1.807, 2.05) is 0 Å². The van der Waals surface area contributed by atoms with Gasteiger partial charge in [-0.05, 0) is 61.9 Å². The standard InChI is InChI=1S/C19H22N2O2/c1-13(2)21-16(12-23-18-6-4-17(22)5-7-18)10-15-9-14(11-20)3-8-19(15)21/h3-10,13,22H,11-12,20H2,1-2H3. The maximum Gasteiger partial charge on any atom is 0.128 e. The quantitative estimate of drug-likeness (QED) is 0.749. The van der Waals surface area contributed by atoms with Crippen molar-refractivity contribution in [3.63, 3.8) is 0 Å². The lowest BCUT2D eigenvalue weighted by Crippen LogP contribution is -2.08. The van der Waals surface area contributed by atoms with Crippen LogP contribution in [0.3, 0.4) is 0 Å². The Kier molecular flexibility index (Phi) is 4.26. The van der Waals surface area contributed by atoms with Crippen LogP contribution in [0, 0.1) is 0 Å². The minimum Gasteiger partial charge on any atom is -0.508 e. The molecule has 1 aromatic heterocycles. The van der Waals surface area contributed by atoms with E-state index < -0.39 is 0 Å². The molecular weight excluding hydrogens is 288 g/mol. The monoisotopic (exact) mass is 310 g/mol. The predicted molar refractivity (Wildman–Crippen MR) is 92.7 cm³/mol. The maximum absolute atomic E-state index is 9.33. The molecule has 4 nitrogen and oxygen atoms in total. The van der Waals surface area contributed by atoms with Gasteiger partial charge in [-0.25, -0.2) is 0 Å². The van der Waals surface area contributed by atoms with Crippen LogP contribution >= 0.6 is 0 Å². The molecule has 2 aromatic carbocycles. The Balaban J connectivity index is 1.92. The van der Waals surface area contributed by atoms with E-state index in [1.54, 1.807) is 24.3 Å². The maximum atomic E-state index is 9.33. The van der Waals surface area contributed by atoms with Gasteiger partial charge in [0.25, 0.3) is 0 Å². The van der Waals surface area contributed by atoms with Gasteiger partial charge in [-0.3, -0.25) is 0 Å². The highest BCUT2D eigenvalue weighted by Gasteiger charge is 2.12. The molecule has 3 N–H and O–H groups in total. The molecule has 23 heavy (non-hydrogen) atoms. The molecule has 0 atom stereocenters. The smallest absolute Gasteiger partial charge is 0.128 e. The molecule has 0 aliphatic carbocycles. The predicted octanol–water partition coefficient (Wildman–Crippen LogP) is 3.97. The summed E-state index contributed by atoms with van der Waals surface area (Å²) in [5, 5.41) is 10.5. The molecule has 1 heterocycles. The van der Waals surface area contributed by atoms with E-state index in [1.165, 1.54) is 10.9 Å². The van der Waals surface area contributed by atoms with E-state index >= 15 is 0 Å². The summed E-state index contributed by atoms with van der Waals surface area (Å²) in [6, 6.07) is 15.6. The molecule has 0 fully saturated rings. The highest BCUT2D eigenvalue weighted by Crippen LogP contribution is 2.26. The fraction of sp³-hybridized carbons (Fsp3) is 0.263. The molecular formula is C19H22N2O2. The van der Waals surface area contributed by atoms with Crippen molar-refractivity contribution in [1.82, 2.24) is 4.57 Å². The number of hydrogen-bond donors (Lipinski definition) is 2. The minimum atomic E-state index is 0.239. The summed E-state index contributed by atoms with van der Waals surface area (Å²) >= 11 is 0. The zero-order valence-corrected chi connectivity index (χ0v) is 13.5. The zero-order valence-electron chi connectivity index (χ0n) is 13.5. The van der Waals surface area contributed by atoms with E-state index in [2.05, 4.69) is 42.7 Å². The topological polar surface area (TPSA) is 60.4 Å². The van der Waals surface area contributed by atoms with Gasteiger partial charge in [-0.1, -0.05) is 6.07 Å². The van der Waals surface area contributed by atoms with Gasteiger partial charge in [-0.2, -0.15) is 0 Å². The van der Waals surface area contributed by atoms with Crippen LogP contribution in [0.4, 0.5) is 0 Å². The Hall–Kier alpha value is -2.46. The first-order chi connectivity index (χ1) is 11.1. The Morgan fingerprint density at radius 3 is 2.48 bits per heavy atom. The summed E-state index contributed by atoms with van der Waals surface area (Å²) in [6.07, 6.45) is 0. The summed E-state index contributed by atoms with van der Waals surface area (Å²) in [4.78, 5) is 0. The number of ether oxygens (including phenoxy) is 1. The summed E-state index contributed by atoms with van der Waals surface area (Å²) in [5.74, 6) is 0.981. The zero-order chi connectivity index (χ0) is 16.4.